The van der Waals surface area contributed by atoms with Gasteiger partial charge < -0.3 is 0 Å². The quantitative estimate of drug-likeness (QED) is 0.775. The van der Waals surface area contributed by atoms with Gasteiger partial charge in [-0.15, -0.1) is 0 Å². The Bertz CT molecular complexity index is 654. The van der Waals surface area contributed by atoms with Crippen molar-refractivity contribution in [1.29, 1.82) is 0 Å². The fraction of sp³-hybridized carbons (Fsp3) is 0.200. The minimum Gasteiger partial charge on any atom is -0.293 e. The van der Waals surface area contributed by atoms with E-state index in [4.69, 9.17) is 0 Å². The third-order valence-corrected chi connectivity index (χ3v) is 3.49. The van der Waals surface area contributed by atoms with Crippen molar-refractivity contribution in [2.24, 2.45) is 0 Å². The second-order valence-corrected chi connectivity index (χ2v) is 4.60. The molecule has 0 saturated heterocycles. The van der Waals surface area contributed by atoms with Crippen molar-refractivity contribution >= 4 is 5.78 Å². The number of nitrogens with zero attached hydrogens (tertiary/aromatic N) is 1. The number of carbonyl (C=O) groups excluding carboxylic acids is 1. The molecule has 3 rings (SSSR count). The van der Waals surface area contributed by atoms with E-state index in [1.54, 1.807) is 6.20 Å². The Hall–Kier alpha value is -2.10. The van der Waals surface area contributed by atoms with Crippen LogP contribution in [0, 0.1) is 11.6 Å². The molecule has 1 aliphatic rings. The van der Waals surface area contributed by atoms with Crippen LogP contribution in [0.15, 0.2) is 36.5 Å². The second kappa shape index (κ2) is 4.53. The zero-order chi connectivity index (χ0) is 13.4. The number of hydrogen-bond donors (Lipinski definition) is 0. The largest absolute Gasteiger partial charge is 0.293 e. The predicted molar refractivity (Wildman–Crippen MR) is 66.0 cm³/mol. The van der Waals surface area contributed by atoms with Gasteiger partial charge in [-0.2, -0.15) is 0 Å². The minimum absolute atomic E-state index is 0.191. The number of halogens is 2. The van der Waals surface area contributed by atoms with Gasteiger partial charge in [0.05, 0.1) is 17.2 Å². The molecule has 0 bridgehead atoms. The number of carbonyl (C=O) groups is 1. The van der Waals surface area contributed by atoms with Crippen molar-refractivity contribution in [2.45, 2.75) is 18.8 Å². The van der Waals surface area contributed by atoms with Crippen LogP contribution < -0.4 is 0 Å². The smallest absolute Gasteiger partial charge is 0.174 e. The van der Waals surface area contributed by atoms with E-state index in [-0.39, 0.29) is 5.56 Å². The van der Waals surface area contributed by atoms with Gasteiger partial charge >= 0.3 is 0 Å². The molecule has 96 valence electrons. The third-order valence-electron chi connectivity index (χ3n) is 3.49. The van der Waals surface area contributed by atoms with Crippen LogP contribution in [0.1, 0.15) is 34.0 Å². The van der Waals surface area contributed by atoms with Crippen molar-refractivity contribution in [3.8, 4) is 0 Å². The topological polar surface area (TPSA) is 30.0 Å². The van der Waals surface area contributed by atoms with Gasteiger partial charge in [-0.1, -0.05) is 12.1 Å². The number of aryl methyl sites for hydroxylation is 1. The Kier molecular flexibility index (Phi) is 2.85. The summed E-state index contributed by atoms with van der Waals surface area (Å²) in [5.74, 6) is -2.93. The van der Waals surface area contributed by atoms with Gasteiger partial charge in [0.15, 0.2) is 17.4 Å². The van der Waals surface area contributed by atoms with Crippen LogP contribution >= 0.6 is 0 Å². The molecule has 1 heterocycles. The van der Waals surface area contributed by atoms with Crippen LogP contribution in [0.5, 0.6) is 0 Å². The van der Waals surface area contributed by atoms with E-state index in [1.807, 2.05) is 12.1 Å². The molecule has 1 aromatic carbocycles. The van der Waals surface area contributed by atoms with Gasteiger partial charge in [-0.25, -0.2) is 8.78 Å². The van der Waals surface area contributed by atoms with Gasteiger partial charge in [-0.3, -0.25) is 9.78 Å². The number of pyridine rings is 1. The monoisotopic (exact) mass is 259 g/mol. The molecule has 0 saturated carbocycles. The molecule has 0 fully saturated rings. The van der Waals surface area contributed by atoms with E-state index in [2.05, 4.69) is 4.98 Å². The molecule has 1 unspecified atom stereocenters. The van der Waals surface area contributed by atoms with Gasteiger partial charge in [0.25, 0.3) is 0 Å². The molecule has 0 radical (unpaired) electrons. The predicted octanol–water partition coefficient (Wildman–Crippen LogP) is 3.27. The fourth-order valence-corrected chi connectivity index (χ4v) is 2.55. The maximum atomic E-state index is 13.7. The molecule has 1 atom stereocenters. The highest BCUT2D eigenvalue weighted by atomic mass is 19.2. The molecule has 2 nitrogen and oxygen atoms in total. The number of rotatable bonds is 2. The molecule has 1 aromatic heterocycles. The van der Waals surface area contributed by atoms with Crippen molar-refractivity contribution in [3.05, 3.63) is 65.0 Å². The summed E-state index contributed by atoms with van der Waals surface area (Å²) < 4.78 is 26.8. The number of aromatic nitrogens is 1. The lowest BCUT2D eigenvalue weighted by Crippen LogP contribution is -2.13. The molecule has 4 heteroatoms. The Morgan fingerprint density at radius 3 is 2.89 bits per heavy atom. The normalized spacial score (nSPS) is 17.3. The summed E-state index contributed by atoms with van der Waals surface area (Å²) in [5.41, 5.74) is 1.51. The second-order valence-electron chi connectivity index (χ2n) is 4.60. The van der Waals surface area contributed by atoms with E-state index in [0.29, 0.717) is 12.1 Å². The highest BCUT2D eigenvalue weighted by Crippen LogP contribution is 2.34. The summed E-state index contributed by atoms with van der Waals surface area (Å²) >= 11 is 0. The molecule has 2 aromatic rings. The first-order valence-electron chi connectivity index (χ1n) is 6.10. The van der Waals surface area contributed by atoms with Crippen LogP contribution in [0.25, 0.3) is 0 Å². The highest BCUT2D eigenvalue weighted by Gasteiger charge is 2.32. The van der Waals surface area contributed by atoms with Crippen LogP contribution in [0.3, 0.4) is 0 Å². The summed E-state index contributed by atoms with van der Waals surface area (Å²) in [6.45, 7) is 0. The molecule has 1 aliphatic carbocycles. The van der Waals surface area contributed by atoms with Gasteiger partial charge in [0, 0.05) is 6.20 Å². The number of benzene rings is 1. The van der Waals surface area contributed by atoms with Crippen LogP contribution in [0.2, 0.25) is 0 Å². The maximum Gasteiger partial charge on any atom is 0.174 e. The summed E-state index contributed by atoms with van der Waals surface area (Å²) in [7, 11) is 0. The Balaban J connectivity index is 2.00. The zero-order valence-corrected chi connectivity index (χ0v) is 10.1. The van der Waals surface area contributed by atoms with Crippen LogP contribution in [-0.4, -0.2) is 10.8 Å². The third kappa shape index (κ3) is 1.93. The van der Waals surface area contributed by atoms with Crippen molar-refractivity contribution in [1.82, 2.24) is 4.98 Å². The van der Waals surface area contributed by atoms with E-state index in [9.17, 15) is 13.6 Å². The molecule has 19 heavy (non-hydrogen) atoms. The summed E-state index contributed by atoms with van der Waals surface area (Å²) in [6, 6.07) is 7.40. The number of ketones is 1. The standard InChI is InChI=1S/C15H11F2NO/c16-12-5-1-4-10(13(12)17)15(19)11-7-6-9-3-2-8-18-14(9)11/h1-5,8,11H,6-7H2. The zero-order valence-electron chi connectivity index (χ0n) is 10.1. The lowest BCUT2D eigenvalue weighted by Gasteiger charge is -2.10. The van der Waals surface area contributed by atoms with Gasteiger partial charge in [-0.05, 0) is 36.6 Å². The molecule has 0 spiro atoms. The van der Waals surface area contributed by atoms with E-state index in [0.717, 1.165) is 18.1 Å². The Labute approximate surface area is 109 Å². The first-order valence-corrected chi connectivity index (χ1v) is 6.10. The van der Waals surface area contributed by atoms with E-state index >= 15 is 0 Å². The Morgan fingerprint density at radius 2 is 2.05 bits per heavy atom. The molecule has 0 amide bonds. The van der Waals surface area contributed by atoms with Crippen molar-refractivity contribution in [3.63, 3.8) is 0 Å². The SMILES string of the molecule is O=C(c1cccc(F)c1F)C1CCc2cccnc21. The average Bonchev–Trinajstić information content (AvgIpc) is 2.85. The Morgan fingerprint density at radius 1 is 1.21 bits per heavy atom. The lowest BCUT2D eigenvalue weighted by molar-refractivity contribution is 0.0953. The van der Waals surface area contributed by atoms with Crippen molar-refractivity contribution < 1.29 is 13.6 Å². The van der Waals surface area contributed by atoms with Gasteiger partial charge in [0.1, 0.15) is 0 Å². The summed E-state index contributed by atoms with van der Waals surface area (Å²) in [6.07, 6.45) is 2.96. The fourth-order valence-electron chi connectivity index (χ4n) is 2.55. The molecular formula is C15H11F2NO. The highest BCUT2D eigenvalue weighted by molar-refractivity contribution is 6.01. The lowest BCUT2D eigenvalue weighted by atomic mass is 9.95. The summed E-state index contributed by atoms with van der Waals surface area (Å²) in [4.78, 5) is 16.5. The number of fused-ring (bicyclic) bond motifs is 1. The van der Waals surface area contributed by atoms with Crippen LogP contribution in [-0.2, 0) is 6.42 Å². The molecule has 0 N–H and O–H groups in total. The average molecular weight is 259 g/mol. The minimum atomic E-state index is -1.07. The molecule has 0 aliphatic heterocycles. The van der Waals surface area contributed by atoms with E-state index < -0.39 is 23.3 Å². The summed E-state index contributed by atoms with van der Waals surface area (Å²) in [5, 5.41) is 0. The van der Waals surface area contributed by atoms with Crippen LogP contribution in [0.4, 0.5) is 8.78 Å². The van der Waals surface area contributed by atoms with Gasteiger partial charge in [0.2, 0.25) is 0 Å². The van der Waals surface area contributed by atoms with E-state index in [1.165, 1.54) is 12.1 Å². The number of hydrogen-bond acceptors (Lipinski definition) is 2. The molecular weight excluding hydrogens is 248 g/mol. The maximum absolute atomic E-state index is 13.7. The number of Topliss-reactive ketones (excluding diaryl/α,β-unsaturated/α-hetero) is 1. The van der Waals surface area contributed by atoms with Crippen molar-refractivity contribution in [2.75, 3.05) is 0 Å². The first-order chi connectivity index (χ1) is 9.18. The first kappa shape index (κ1) is 12.0.